The van der Waals surface area contributed by atoms with Crippen LogP contribution in [0.4, 0.5) is 5.69 Å². The summed E-state index contributed by atoms with van der Waals surface area (Å²) in [5.74, 6) is 0. The summed E-state index contributed by atoms with van der Waals surface area (Å²) >= 11 is 0. The summed E-state index contributed by atoms with van der Waals surface area (Å²) in [4.78, 5) is 6.72. The third-order valence-corrected chi connectivity index (χ3v) is 4.03. The maximum atomic E-state index is 9.73. The van der Waals surface area contributed by atoms with Crippen LogP contribution in [0.3, 0.4) is 0 Å². The molecule has 2 rings (SSSR count). The van der Waals surface area contributed by atoms with Crippen molar-refractivity contribution < 1.29 is 5.11 Å². The van der Waals surface area contributed by atoms with Crippen LogP contribution in [-0.2, 0) is 0 Å². The molecule has 100 valence electrons. The molecule has 0 unspecified atom stereocenters. The number of rotatable bonds is 4. The van der Waals surface area contributed by atoms with Gasteiger partial charge in [-0.1, -0.05) is 26.2 Å². The molecular weight excluding hydrogens is 224 g/mol. The van der Waals surface area contributed by atoms with Crippen molar-refractivity contribution in [3.63, 3.8) is 0 Å². The van der Waals surface area contributed by atoms with Crippen LogP contribution < -0.4 is 4.90 Å². The van der Waals surface area contributed by atoms with Gasteiger partial charge in [0, 0.05) is 13.1 Å². The number of hydrogen-bond donors (Lipinski definition) is 1. The van der Waals surface area contributed by atoms with Crippen molar-refractivity contribution >= 4 is 5.69 Å². The summed E-state index contributed by atoms with van der Waals surface area (Å²) < 4.78 is 0. The Balaban J connectivity index is 2.03. The molecule has 3 heteroatoms. The second-order valence-corrected chi connectivity index (χ2v) is 5.27. The molecule has 0 amide bonds. The molecular formula is C15H24N2O. The molecule has 1 aromatic heterocycles. The van der Waals surface area contributed by atoms with Crippen molar-refractivity contribution in [2.45, 2.75) is 57.6 Å². The van der Waals surface area contributed by atoms with Gasteiger partial charge in [0.1, 0.15) is 0 Å². The minimum Gasteiger partial charge on any atom is -0.387 e. The highest BCUT2D eigenvalue weighted by atomic mass is 16.3. The van der Waals surface area contributed by atoms with E-state index in [9.17, 15) is 5.11 Å². The van der Waals surface area contributed by atoms with E-state index in [0.717, 1.165) is 11.4 Å². The van der Waals surface area contributed by atoms with Gasteiger partial charge in [-0.05, 0) is 31.4 Å². The van der Waals surface area contributed by atoms with Gasteiger partial charge in [-0.15, -0.1) is 0 Å². The average molecular weight is 248 g/mol. The predicted octanol–water partition coefficient (Wildman–Crippen LogP) is 3.29. The van der Waals surface area contributed by atoms with E-state index in [2.05, 4.69) is 23.0 Å². The quantitative estimate of drug-likeness (QED) is 0.888. The number of anilines is 1. The van der Waals surface area contributed by atoms with E-state index in [1.54, 1.807) is 0 Å². The Kier molecular flexibility index (Phi) is 4.59. The maximum Gasteiger partial charge on any atom is 0.0957 e. The normalized spacial score (nSPS) is 18.6. The first-order chi connectivity index (χ1) is 8.72. The van der Waals surface area contributed by atoms with Gasteiger partial charge in [0.2, 0.25) is 0 Å². The fraction of sp³-hybridized carbons (Fsp3) is 0.667. The Hall–Kier alpha value is -1.09. The molecule has 1 aromatic rings. The molecule has 1 aliphatic rings. The monoisotopic (exact) mass is 248 g/mol. The molecule has 0 spiro atoms. The zero-order chi connectivity index (χ0) is 13.0. The molecule has 1 saturated carbocycles. The lowest BCUT2D eigenvalue weighted by Gasteiger charge is -2.32. The van der Waals surface area contributed by atoms with Gasteiger partial charge < -0.3 is 10.0 Å². The van der Waals surface area contributed by atoms with Crippen LogP contribution in [-0.4, -0.2) is 23.2 Å². The van der Waals surface area contributed by atoms with E-state index in [1.807, 2.05) is 19.2 Å². The number of aliphatic hydroxyl groups is 1. The standard InChI is InChI=1S/C15H24N2O/c1-3-15(18)14-10-9-13(11-16-14)17(2)12-7-5-4-6-8-12/h9-12,15,18H,3-8H2,1-2H3/t15-/m1/s1. The first-order valence-corrected chi connectivity index (χ1v) is 7.09. The third-order valence-electron chi connectivity index (χ3n) is 4.03. The Bertz CT molecular complexity index is 357. The molecule has 3 nitrogen and oxygen atoms in total. The van der Waals surface area contributed by atoms with Crippen molar-refractivity contribution in [2.24, 2.45) is 0 Å². The van der Waals surface area contributed by atoms with Crippen LogP contribution in [0.25, 0.3) is 0 Å². The summed E-state index contributed by atoms with van der Waals surface area (Å²) in [6.45, 7) is 1.97. The summed E-state index contributed by atoms with van der Waals surface area (Å²) in [5.41, 5.74) is 1.94. The first kappa shape index (κ1) is 13.3. The minimum absolute atomic E-state index is 0.431. The molecule has 18 heavy (non-hydrogen) atoms. The summed E-state index contributed by atoms with van der Waals surface area (Å²) in [5, 5.41) is 9.73. The van der Waals surface area contributed by atoms with Crippen molar-refractivity contribution in [1.29, 1.82) is 0 Å². The Morgan fingerprint density at radius 1 is 1.33 bits per heavy atom. The number of pyridine rings is 1. The lowest BCUT2D eigenvalue weighted by Crippen LogP contribution is -2.33. The van der Waals surface area contributed by atoms with Crippen molar-refractivity contribution in [1.82, 2.24) is 4.98 Å². The zero-order valence-corrected chi connectivity index (χ0v) is 11.5. The highest BCUT2D eigenvalue weighted by Gasteiger charge is 2.18. The molecule has 1 atom stereocenters. The summed E-state index contributed by atoms with van der Waals surface area (Å²) in [7, 11) is 2.16. The minimum atomic E-state index is -0.431. The van der Waals surface area contributed by atoms with Gasteiger partial charge in [0.05, 0.1) is 23.7 Å². The smallest absolute Gasteiger partial charge is 0.0957 e. The zero-order valence-electron chi connectivity index (χ0n) is 11.5. The van der Waals surface area contributed by atoms with E-state index < -0.39 is 6.10 Å². The van der Waals surface area contributed by atoms with Gasteiger partial charge >= 0.3 is 0 Å². The second kappa shape index (κ2) is 6.19. The van der Waals surface area contributed by atoms with Crippen LogP contribution in [0.2, 0.25) is 0 Å². The van der Waals surface area contributed by atoms with Crippen LogP contribution in [0, 0.1) is 0 Å². The van der Waals surface area contributed by atoms with Crippen molar-refractivity contribution in [2.75, 3.05) is 11.9 Å². The van der Waals surface area contributed by atoms with E-state index in [1.165, 1.54) is 32.1 Å². The number of hydrogen-bond acceptors (Lipinski definition) is 3. The largest absolute Gasteiger partial charge is 0.387 e. The van der Waals surface area contributed by atoms with Crippen LogP contribution in [0.5, 0.6) is 0 Å². The third kappa shape index (κ3) is 3.02. The second-order valence-electron chi connectivity index (χ2n) is 5.27. The van der Waals surface area contributed by atoms with Gasteiger partial charge in [-0.3, -0.25) is 4.98 Å². The summed E-state index contributed by atoms with van der Waals surface area (Å²) in [6, 6.07) is 4.68. The topological polar surface area (TPSA) is 36.4 Å². The van der Waals surface area contributed by atoms with E-state index in [0.29, 0.717) is 12.5 Å². The molecule has 0 saturated heterocycles. The van der Waals surface area contributed by atoms with Crippen molar-refractivity contribution in [3.05, 3.63) is 24.0 Å². The van der Waals surface area contributed by atoms with E-state index in [4.69, 9.17) is 0 Å². The Morgan fingerprint density at radius 2 is 2.06 bits per heavy atom. The van der Waals surface area contributed by atoms with E-state index >= 15 is 0 Å². The molecule has 0 aromatic carbocycles. The maximum absolute atomic E-state index is 9.73. The van der Waals surface area contributed by atoms with Crippen molar-refractivity contribution in [3.8, 4) is 0 Å². The van der Waals surface area contributed by atoms with Gasteiger partial charge in [0.25, 0.3) is 0 Å². The van der Waals surface area contributed by atoms with Crippen LogP contribution >= 0.6 is 0 Å². The molecule has 1 fully saturated rings. The predicted molar refractivity (Wildman–Crippen MR) is 74.8 cm³/mol. The molecule has 1 aliphatic carbocycles. The first-order valence-electron chi connectivity index (χ1n) is 7.09. The fourth-order valence-electron chi connectivity index (χ4n) is 2.69. The Morgan fingerprint density at radius 3 is 2.61 bits per heavy atom. The molecule has 0 radical (unpaired) electrons. The fourth-order valence-corrected chi connectivity index (χ4v) is 2.69. The highest BCUT2D eigenvalue weighted by Crippen LogP contribution is 2.26. The molecule has 0 aliphatic heterocycles. The van der Waals surface area contributed by atoms with Gasteiger partial charge in [0.15, 0.2) is 0 Å². The van der Waals surface area contributed by atoms with E-state index in [-0.39, 0.29) is 0 Å². The van der Waals surface area contributed by atoms with Crippen LogP contribution in [0.1, 0.15) is 57.2 Å². The summed E-state index contributed by atoms with van der Waals surface area (Å²) in [6.07, 6.45) is 8.81. The number of nitrogens with zero attached hydrogens (tertiary/aromatic N) is 2. The van der Waals surface area contributed by atoms with Crippen LogP contribution in [0.15, 0.2) is 18.3 Å². The van der Waals surface area contributed by atoms with Gasteiger partial charge in [-0.25, -0.2) is 0 Å². The molecule has 1 N–H and O–H groups in total. The molecule has 1 heterocycles. The lowest BCUT2D eigenvalue weighted by atomic mass is 9.94. The average Bonchev–Trinajstić information content (AvgIpc) is 2.47. The molecule has 0 bridgehead atoms. The highest BCUT2D eigenvalue weighted by molar-refractivity contribution is 5.45. The lowest BCUT2D eigenvalue weighted by molar-refractivity contribution is 0.169. The Labute approximate surface area is 110 Å². The SMILES string of the molecule is CC[C@@H](O)c1ccc(N(C)C2CCCCC2)cn1. The number of aromatic nitrogens is 1. The van der Waals surface area contributed by atoms with Gasteiger partial charge in [-0.2, -0.15) is 0 Å². The number of aliphatic hydroxyl groups excluding tert-OH is 1.